The zero-order valence-electron chi connectivity index (χ0n) is 15.9. The molecule has 0 radical (unpaired) electrons. The summed E-state index contributed by atoms with van der Waals surface area (Å²) in [6, 6.07) is 9.77. The number of carbonyl (C=O) groups excluding carboxylic acids is 3. The van der Waals surface area contributed by atoms with E-state index in [0.29, 0.717) is 30.0 Å². The zero-order chi connectivity index (χ0) is 20.5. The lowest BCUT2D eigenvalue weighted by Crippen LogP contribution is -2.32. The Morgan fingerprint density at radius 1 is 1.24 bits per heavy atom. The molecule has 7 nitrogen and oxygen atoms in total. The van der Waals surface area contributed by atoms with Gasteiger partial charge in [-0.3, -0.25) is 14.5 Å². The largest absolute Gasteiger partial charge is 0.495 e. The minimum Gasteiger partial charge on any atom is -0.495 e. The number of ether oxygens (including phenoxy) is 1. The summed E-state index contributed by atoms with van der Waals surface area (Å²) in [5.41, 5.74) is 1.21. The molecule has 2 aliphatic rings. The summed E-state index contributed by atoms with van der Waals surface area (Å²) in [6.07, 6.45) is 1.54. The van der Waals surface area contributed by atoms with E-state index in [-0.39, 0.29) is 30.1 Å². The number of hydrogen-bond acceptors (Lipinski definition) is 4. The fourth-order valence-corrected chi connectivity index (χ4v) is 3.79. The molecule has 2 saturated heterocycles. The van der Waals surface area contributed by atoms with E-state index in [1.807, 2.05) is 0 Å². The van der Waals surface area contributed by atoms with E-state index in [1.54, 1.807) is 23.1 Å². The second-order valence-corrected chi connectivity index (χ2v) is 7.06. The molecule has 1 N–H and O–H groups in total. The van der Waals surface area contributed by atoms with Gasteiger partial charge in [-0.1, -0.05) is 12.1 Å². The Bertz CT molecular complexity index is 972. The molecule has 1 unspecified atom stereocenters. The number of rotatable bonds is 5. The first-order valence-corrected chi connectivity index (χ1v) is 9.34. The van der Waals surface area contributed by atoms with Crippen molar-refractivity contribution in [3.8, 4) is 5.75 Å². The monoisotopic (exact) mass is 397 g/mol. The second-order valence-electron chi connectivity index (χ2n) is 7.06. The van der Waals surface area contributed by atoms with Crippen molar-refractivity contribution in [2.75, 3.05) is 19.0 Å². The molecule has 29 heavy (non-hydrogen) atoms. The highest BCUT2D eigenvalue weighted by molar-refractivity contribution is 6.05. The maximum atomic E-state index is 13.4. The first kappa shape index (κ1) is 18.9. The van der Waals surface area contributed by atoms with E-state index in [9.17, 15) is 18.8 Å². The number of nitrogens with one attached hydrogen (secondary N) is 1. The lowest BCUT2D eigenvalue weighted by atomic mass is 10.1. The van der Waals surface area contributed by atoms with Gasteiger partial charge >= 0.3 is 6.03 Å². The van der Waals surface area contributed by atoms with E-state index in [0.717, 1.165) is 12.5 Å². The number of amides is 4. The number of hydrogen-bond donors (Lipinski definition) is 1. The zero-order valence-corrected chi connectivity index (χ0v) is 15.9. The van der Waals surface area contributed by atoms with Gasteiger partial charge in [-0.15, -0.1) is 0 Å². The van der Waals surface area contributed by atoms with Gasteiger partial charge in [-0.25, -0.2) is 9.18 Å². The van der Waals surface area contributed by atoms with Crippen molar-refractivity contribution in [1.82, 2.24) is 9.80 Å². The minimum atomic E-state index is -0.509. The molecule has 2 aliphatic heterocycles. The van der Waals surface area contributed by atoms with Crippen LogP contribution in [0.2, 0.25) is 0 Å². The second kappa shape index (κ2) is 7.54. The summed E-state index contributed by atoms with van der Waals surface area (Å²) in [5, 5.41) is 2.70. The van der Waals surface area contributed by atoms with Gasteiger partial charge in [0.05, 0.1) is 19.3 Å². The van der Waals surface area contributed by atoms with Crippen LogP contribution in [0.3, 0.4) is 0 Å². The minimum absolute atomic E-state index is 0.109. The van der Waals surface area contributed by atoms with Crippen molar-refractivity contribution in [2.45, 2.75) is 25.4 Å². The SMILES string of the molecule is COc1ccc(CN2C(=O)C3CCCN3C2=O)cc1NC(=O)c1cccc(F)c1. The van der Waals surface area contributed by atoms with Gasteiger partial charge < -0.3 is 15.0 Å². The molecule has 4 rings (SSSR count). The average Bonchev–Trinajstić information content (AvgIpc) is 3.28. The summed E-state index contributed by atoms with van der Waals surface area (Å²) in [5.74, 6) is -0.772. The summed E-state index contributed by atoms with van der Waals surface area (Å²) in [4.78, 5) is 40.4. The lowest BCUT2D eigenvalue weighted by molar-refractivity contribution is -0.128. The maximum Gasteiger partial charge on any atom is 0.327 e. The van der Waals surface area contributed by atoms with Crippen molar-refractivity contribution in [2.24, 2.45) is 0 Å². The predicted molar refractivity (Wildman–Crippen MR) is 103 cm³/mol. The number of halogens is 1. The van der Waals surface area contributed by atoms with Crippen molar-refractivity contribution in [1.29, 1.82) is 0 Å². The fourth-order valence-electron chi connectivity index (χ4n) is 3.79. The normalized spacial score (nSPS) is 18.2. The molecule has 4 amide bonds. The Kier molecular flexibility index (Phi) is 4.92. The Morgan fingerprint density at radius 2 is 2.07 bits per heavy atom. The van der Waals surface area contributed by atoms with Gasteiger partial charge in [0.1, 0.15) is 17.6 Å². The van der Waals surface area contributed by atoms with Crippen molar-refractivity contribution < 1.29 is 23.5 Å². The van der Waals surface area contributed by atoms with Gasteiger partial charge in [-0.05, 0) is 48.7 Å². The highest BCUT2D eigenvalue weighted by Crippen LogP contribution is 2.31. The van der Waals surface area contributed by atoms with Crippen LogP contribution in [-0.4, -0.2) is 47.3 Å². The third kappa shape index (κ3) is 3.53. The van der Waals surface area contributed by atoms with Crippen LogP contribution >= 0.6 is 0 Å². The molecule has 0 aliphatic carbocycles. The summed E-state index contributed by atoms with van der Waals surface area (Å²) >= 11 is 0. The molecule has 0 saturated carbocycles. The standard InChI is InChI=1S/C21H20FN3O4/c1-29-18-8-7-13(12-25-20(27)17-6-3-9-24(17)21(25)28)10-16(18)23-19(26)14-4-2-5-15(22)11-14/h2,4-5,7-8,10-11,17H,3,6,9,12H2,1H3,(H,23,26). The van der Waals surface area contributed by atoms with Gasteiger partial charge in [-0.2, -0.15) is 0 Å². The van der Waals surface area contributed by atoms with Gasteiger partial charge in [0.25, 0.3) is 11.8 Å². The smallest absolute Gasteiger partial charge is 0.327 e. The molecule has 0 bridgehead atoms. The predicted octanol–water partition coefficient (Wildman–Crippen LogP) is 3.01. The topological polar surface area (TPSA) is 79.0 Å². The van der Waals surface area contributed by atoms with E-state index in [1.165, 1.54) is 30.2 Å². The molecule has 0 aromatic heterocycles. The van der Waals surface area contributed by atoms with Crippen LogP contribution in [0.25, 0.3) is 0 Å². The Hall–Kier alpha value is -3.42. The summed E-state index contributed by atoms with van der Waals surface area (Å²) in [7, 11) is 1.47. The van der Waals surface area contributed by atoms with Crippen molar-refractivity contribution >= 4 is 23.5 Å². The molecule has 2 fully saturated rings. The first-order chi connectivity index (χ1) is 14.0. The van der Waals surface area contributed by atoms with Crippen LogP contribution in [-0.2, 0) is 11.3 Å². The van der Waals surface area contributed by atoms with Gasteiger partial charge in [0, 0.05) is 12.1 Å². The molecule has 2 aromatic rings. The summed E-state index contributed by atoms with van der Waals surface area (Å²) in [6.45, 7) is 0.709. The lowest BCUT2D eigenvalue weighted by Gasteiger charge is -2.17. The van der Waals surface area contributed by atoms with Crippen LogP contribution in [0.5, 0.6) is 5.75 Å². The highest BCUT2D eigenvalue weighted by Gasteiger charge is 2.47. The van der Waals surface area contributed by atoms with Gasteiger partial charge in [0.2, 0.25) is 0 Å². The Morgan fingerprint density at radius 3 is 2.79 bits per heavy atom. The first-order valence-electron chi connectivity index (χ1n) is 9.34. The Balaban J connectivity index is 1.55. The number of nitrogens with zero attached hydrogens (tertiary/aromatic N) is 2. The van der Waals surface area contributed by atoms with Crippen LogP contribution in [0, 0.1) is 5.82 Å². The van der Waals surface area contributed by atoms with Crippen LogP contribution in [0.4, 0.5) is 14.9 Å². The fraction of sp³-hybridized carbons (Fsp3) is 0.286. The molecule has 150 valence electrons. The third-order valence-corrected chi connectivity index (χ3v) is 5.22. The molecule has 1 atom stereocenters. The third-order valence-electron chi connectivity index (χ3n) is 5.22. The number of urea groups is 1. The molecular formula is C21H20FN3O4. The van der Waals surface area contributed by atoms with E-state index in [4.69, 9.17) is 4.74 Å². The number of fused-ring (bicyclic) bond motifs is 1. The number of benzene rings is 2. The van der Waals surface area contributed by atoms with Crippen LogP contribution in [0.1, 0.15) is 28.8 Å². The maximum absolute atomic E-state index is 13.4. The summed E-state index contributed by atoms with van der Waals surface area (Å²) < 4.78 is 18.7. The molecule has 8 heteroatoms. The van der Waals surface area contributed by atoms with E-state index in [2.05, 4.69) is 5.32 Å². The Labute approximate surface area is 167 Å². The molecule has 2 aromatic carbocycles. The van der Waals surface area contributed by atoms with E-state index < -0.39 is 11.7 Å². The number of methoxy groups -OCH3 is 1. The molecular weight excluding hydrogens is 377 g/mol. The number of imide groups is 1. The van der Waals surface area contributed by atoms with E-state index >= 15 is 0 Å². The molecule has 0 spiro atoms. The molecule has 2 heterocycles. The van der Waals surface area contributed by atoms with Gasteiger partial charge in [0.15, 0.2) is 0 Å². The van der Waals surface area contributed by atoms with Crippen molar-refractivity contribution in [3.05, 3.63) is 59.4 Å². The van der Waals surface area contributed by atoms with Crippen LogP contribution < -0.4 is 10.1 Å². The number of anilines is 1. The van der Waals surface area contributed by atoms with Crippen molar-refractivity contribution in [3.63, 3.8) is 0 Å². The quantitative estimate of drug-likeness (QED) is 0.787. The van der Waals surface area contributed by atoms with Crippen LogP contribution in [0.15, 0.2) is 42.5 Å². The highest BCUT2D eigenvalue weighted by atomic mass is 19.1. The number of carbonyl (C=O) groups is 3. The average molecular weight is 397 g/mol.